The van der Waals surface area contributed by atoms with Crippen LogP contribution in [0.4, 0.5) is 0 Å². The highest BCUT2D eigenvalue weighted by Gasteiger charge is 2.21. The van der Waals surface area contributed by atoms with Crippen LogP contribution in [0.5, 0.6) is 0 Å². The number of ether oxygens (including phenoxy) is 2. The molecule has 1 N–H and O–H groups in total. The maximum Gasteiger partial charge on any atom is 0.306 e. The number of rotatable bonds is 39. The van der Waals surface area contributed by atoms with E-state index in [1.807, 2.05) is 81.9 Å². The molecular formula is C52H82NO9P. The lowest BCUT2D eigenvalue weighted by atomic mass is 10.2. The Labute approximate surface area is 382 Å². The van der Waals surface area contributed by atoms with Gasteiger partial charge in [0.1, 0.15) is 19.8 Å². The van der Waals surface area contributed by atoms with Crippen molar-refractivity contribution in [3.05, 3.63) is 134 Å². The quantitative estimate of drug-likeness (QED) is 0.0160. The number of quaternary nitrogens is 1. The molecular weight excluding hydrogens is 814 g/mol. The van der Waals surface area contributed by atoms with Crippen LogP contribution in [-0.4, -0.2) is 81.2 Å². The van der Waals surface area contributed by atoms with E-state index in [4.69, 9.17) is 18.5 Å². The summed E-state index contributed by atoms with van der Waals surface area (Å²) >= 11 is 0. The number of phosphoric ester groups is 1. The lowest BCUT2D eigenvalue weighted by molar-refractivity contribution is -0.870. The van der Waals surface area contributed by atoms with Gasteiger partial charge in [0, 0.05) is 12.8 Å². The molecule has 0 aliphatic heterocycles. The van der Waals surface area contributed by atoms with Crippen LogP contribution in [0.25, 0.3) is 0 Å². The summed E-state index contributed by atoms with van der Waals surface area (Å²) in [6.45, 7) is 3.79. The zero-order valence-corrected chi connectivity index (χ0v) is 40.2. The average molecular weight is 896 g/mol. The van der Waals surface area contributed by atoms with Crippen molar-refractivity contribution in [2.24, 2.45) is 0 Å². The third-order valence-electron chi connectivity index (χ3n) is 8.76. The van der Waals surface area contributed by atoms with E-state index in [2.05, 4.69) is 80.7 Å². The van der Waals surface area contributed by atoms with Crippen LogP contribution in [0.2, 0.25) is 0 Å². The lowest BCUT2D eigenvalue weighted by Gasteiger charge is -2.28. The summed E-state index contributed by atoms with van der Waals surface area (Å²) in [5.41, 5.74) is 0. The van der Waals surface area contributed by atoms with E-state index >= 15 is 0 Å². The third kappa shape index (κ3) is 45.9. The molecule has 3 atom stereocenters. The number of likely N-dealkylation sites (N-methyl/N-ethyl adjacent to an activating group) is 1. The number of carbonyl (C=O) groups excluding carboxylic acids is 2. The average Bonchev–Trinajstić information content (AvgIpc) is 3.23. The van der Waals surface area contributed by atoms with Crippen LogP contribution >= 0.6 is 7.82 Å². The fourth-order valence-corrected chi connectivity index (χ4v) is 5.89. The Balaban J connectivity index is 4.66. The standard InChI is InChI=1S/C52H82NO9P/c1-6-8-10-12-14-15-16-17-18-19-20-21-22-23-24-28-31-35-39-43-51(55)59-47-50(48-61-63(57,58)60-46-45-53(3,4)5)62-52(56)44-40-36-32-29-26-25-27-30-34-38-42-49(54)41-37-33-13-11-9-7-2/h9,11,14-15,17-18,20-21,23-26,30-38,42,49-50,54H,6-8,10,12-13,16,19,22,27-29,39-41,43-48H2,1-5H3/b11-9-,15-14-,18-17-,21-20-,24-23-,26-25-,34-30-,35-31-,36-32-,37-33-,42-38+/t49?,50-/m1/s1. The molecule has 354 valence electrons. The van der Waals surface area contributed by atoms with E-state index in [0.717, 1.165) is 44.9 Å². The second-order valence-corrected chi connectivity index (χ2v) is 17.3. The number of carbonyl (C=O) groups is 2. The molecule has 0 aliphatic rings. The van der Waals surface area contributed by atoms with Crippen molar-refractivity contribution in [3.8, 4) is 0 Å². The molecule has 0 aromatic carbocycles. The summed E-state index contributed by atoms with van der Waals surface area (Å²) in [5.74, 6) is -1.07. The zero-order valence-electron chi connectivity index (χ0n) is 39.3. The van der Waals surface area contributed by atoms with Gasteiger partial charge in [-0.2, -0.15) is 0 Å². The van der Waals surface area contributed by atoms with Crippen molar-refractivity contribution in [3.63, 3.8) is 0 Å². The number of phosphoric acid groups is 1. The molecule has 0 rings (SSSR count). The Morgan fingerprint density at radius 3 is 1.63 bits per heavy atom. The van der Waals surface area contributed by atoms with E-state index in [1.54, 1.807) is 6.08 Å². The number of unbranched alkanes of at least 4 members (excludes halogenated alkanes) is 3. The summed E-state index contributed by atoms with van der Waals surface area (Å²) < 4.78 is 33.7. The topological polar surface area (TPSA) is 131 Å². The van der Waals surface area contributed by atoms with Crippen molar-refractivity contribution in [1.29, 1.82) is 0 Å². The smallest absolute Gasteiger partial charge is 0.306 e. The fraction of sp³-hybridized carbons (Fsp3) is 0.538. The predicted octanol–water partition coefficient (Wildman–Crippen LogP) is 11.8. The first-order valence-corrected chi connectivity index (χ1v) is 24.5. The number of allylic oxidation sites excluding steroid dienone is 20. The van der Waals surface area contributed by atoms with Crippen LogP contribution in [0.3, 0.4) is 0 Å². The largest absolute Gasteiger partial charge is 0.756 e. The number of nitrogens with zero attached hydrogens (tertiary/aromatic N) is 1. The van der Waals surface area contributed by atoms with Crippen LogP contribution in [0.1, 0.15) is 123 Å². The van der Waals surface area contributed by atoms with Gasteiger partial charge in [0.2, 0.25) is 0 Å². The first-order chi connectivity index (χ1) is 30.4. The van der Waals surface area contributed by atoms with Gasteiger partial charge in [-0.1, -0.05) is 160 Å². The van der Waals surface area contributed by atoms with Gasteiger partial charge in [0.05, 0.1) is 33.9 Å². The normalized spacial score (nSPS) is 15.2. The van der Waals surface area contributed by atoms with Crippen LogP contribution in [-0.2, 0) is 32.7 Å². The van der Waals surface area contributed by atoms with Crippen LogP contribution in [0.15, 0.2) is 134 Å². The number of aliphatic hydroxyl groups is 1. The van der Waals surface area contributed by atoms with E-state index < -0.39 is 38.6 Å². The molecule has 11 heteroatoms. The van der Waals surface area contributed by atoms with Crippen molar-refractivity contribution < 1.29 is 47.2 Å². The maximum absolute atomic E-state index is 12.7. The minimum Gasteiger partial charge on any atom is -0.756 e. The molecule has 0 saturated carbocycles. The molecule has 0 amide bonds. The maximum atomic E-state index is 12.7. The number of hydrogen-bond acceptors (Lipinski definition) is 9. The second-order valence-electron chi connectivity index (χ2n) is 15.9. The van der Waals surface area contributed by atoms with Gasteiger partial charge in [-0.05, 0) is 83.5 Å². The number of hydrogen-bond donors (Lipinski definition) is 1. The van der Waals surface area contributed by atoms with Crippen LogP contribution in [0, 0.1) is 0 Å². The minimum absolute atomic E-state index is 0.0521. The Morgan fingerprint density at radius 1 is 0.603 bits per heavy atom. The molecule has 0 aliphatic carbocycles. The molecule has 63 heavy (non-hydrogen) atoms. The van der Waals surface area contributed by atoms with Crippen molar-refractivity contribution in [2.45, 2.75) is 135 Å². The van der Waals surface area contributed by atoms with Gasteiger partial charge in [0.15, 0.2) is 6.10 Å². The molecule has 0 spiro atoms. The van der Waals surface area contributed by atoms with Crippen molar-refractivity contribution >= 4 is 19.8 Å². The highest BCUT2D eigenvalue weighted by atomic mass is 31.2. The second kappa shape index (κ2) is 42.1. The Kier molecular flexibility index (Phi) is 39.5. The molecule has 0 fully saturated rings. The van der Waals surface area contributed by atoms with Gasteiger partial charge >= 0.3 is 11.9 Å². The molecule has 2 unspecified atom stereocenters. The first-order valence-electron chi connectivity index (χ1n) is 23.0. The molecule has 0 aromatic rings. The predicted molar refractivity (Wildman–Crippen MR) is 260 cm³/mol. The lowest BCUT2D eigenvalue weighted by Crippen LogP contribution is -2.37. The Morgan fingerprint density at radius 2 is 1.10 bits per heavy atom. The SMILES string of the molecule is CC/C=C\C/C=C\CC(O)/C=C/C=C\C/C=C\C/C=C\CCC(=O)O[C@H](COC(=O)CC/C=C\C/C=C\C/C=C\C/C=C\C/C=C\CCCCC)COP(=O)([O-])OCC[N+](C)(C)C. The molecule has 0 aromatic heterocycles. The Bertz CT molecular complexity index is 1540. The van der Waals surface area contributed by atoms with Gasteiger partial charge in [-0.25, -0.2) is 0 Å². The van der Waals surface area contributed by atoms with E-state index in [-0.39, 0.29) is 26.1 Å². The summed E-state index contributed by atoms with van der Waals surface area (Å²) in [4.78, 5) is 37.5. The summed E-state index contributed by atoms with van der Waals surface area (Å²) in [7, 11) is 1.02. The van der Waals surface area contributed by atoms with Crippen molar-refractivity contribution in [2.75, 3.05) is 47.5 Å². The minimum atomic E-state index is -4.69. The highest BCUT2D eigenvalue weighted by Crippen LogP contribution is 2.38. The number of esters is 2. The fourth-order valence-electron chi connectivity index (χ4n) is 5.16. The highest BCUT2D eigenvalue weighted by molar-refractivity contribution is 7.45. The molecule has 0 bridgehead atoms. The monoisotopic (exact) mass is 896 g/mol. The third-order valence-corrected chi connectivity index (χ3v) is 9.73. The summed E-state index contributed by atoms with van der Waals surface area (Å²) in [6, 6.07) is 0. The van der Waals surface area contributed by atoms with E-state index in [0.29, 0.717) is 36.7 Å². The molecule has 0 radical (unpaired) electrons. The van der Waals surface area contributed by atoms with Crippen LogP contribution < -0.4 is 4.89 Å². The first kappa shape index (κ1) is 59.1. The van der Waals surface area contributed by atoms with E-state index in [9.17, 15) is 24.2 Å². The van der Waals surface area contributed by atoms with E-state index in [1.165, 1.54) is 25.7 Å². The zero-order chi connectivity index (χ0) is 46.5. The van der Waals surface area contributed by atoms with Gasteiger partial charge < -0.3 is 33.0 Å². The molecule has 0 saturated heterocycles. The van der Waals surface area contributed by atoms with Crippen molar-refractivity contribution in [1.82, 2.24) is 0 Å². The molecule has 0 heterocycles. The van der Waals surface area contributed by atoms with Gasteiger partial charge in [0.25, 0.3) is 7.82 Å². The van der Waals surface area contributed by atoms with Gasteiger partial charge in [-0.3, -0.25) is 14.2 Å². The summed E-state index contributed by atoms with van der Waals surface area (Å²) in [5, 5.41) is 10.0. The number of aliphatic hydroxyl groups excluding tert-OH is 1. The summed E-state index contributed by atoms with van der Waals surface area (Å²) in [6.07, 6.45) is 56.8. The molecule has 10 nitrogen and oxygen atoms in total. The Hall–Kier alpha value is -3.89. The van der Waals surface area contributed by atoms with Gasteiger partial charge in [-0.15, -0.1) is 0 Å².